The fourth-order valence-corrected chi connectivity index (χ4v) is 2.84. The fourth-order valence-electron chi connectivity index (χ4n) is 2.48. The van der Waals surface area contributed by atoms with Crippen LogP contribution in [-0.2, 0) is 6.42 Å². The maximum atomic E-state index is 3.69. The smallest absolute Gasteiger partial charge is 0.0130 e. The van der Waals surface area contributed by atoms with Crippen LogP contribution < -0.4 is 5.32 Å². The molecule has 0 saturated heterocycles. The van der Waals surface area contributed by atoms with Crippen molar-refractivity contribution in [1.82, 2.24) is 5.32 Å². The van der Waals surface area contributed by atoms with E-state index in [0.29, 0.717) is 0 Å². The standard InChI is InChI=1S/C16H24IN/c1-12(2)9-14(11-18-16-7-8-16)10-13-3-5-15(17)6-4-13/h3-6,12,14,16,18H,7-11H2,1-2H3. The Balaban J connectivity index is 1.87. The van der Waals surface area contributed by atoms with Gasteiger partial charge in [0.05, 0.1) is 0 Å². The van der Waals surface area contributed by atoms with Crippen LogP contribution in [0.1, 0.15) is 38.7 Å². The zero-order chi connectivity index (χ0) is 13.0. The molecule has 0 amide bonds. The highest BCUT2D eigenvalue weighted by atomic mass is 127. The van der Waals surface area contributed by atoms with Crippen LogP contribution in [0.3, 0.4) is 0 Å². The first-order valence-corrected chi connectivity index (χ1v) is 8.19. The van der Waals surface area contributed by atoms with Crippen molar-refractivity contribution in [1.29, 1.82) is 0 Å². The van der Waals surface area contributed by atoms with Crippen LogP contribution in [0, 0.1) is 15.4 Å². The average molecular weight is 357 g/mol. The molecule has 1 N–H and O–H groups in total. The first-order valence-electron chi connectivity index (χ1n) is 7.11. The van der Waals surface area contributed by atoms with Crippen LogP contribution in [0.5, 0.6) is 0 Å². The highest BCUT2D eigenvalue weighted by Gasteiger charge is 2.22. The van der Waals surface area contributed by atoms with Crippen LogP contribution >= 0.6 is 22.6 Å². The molecule has 100 valence electrons. The van der Waals surface area contributed by atoms with Gasteiger partial charge >= 0.3 is 0 Å². The minimum atomic E-state index is 0.783. The molecule has 1 nitrogen and oxygen atoms in total. The third kappa shape index (κ3) is 5.27. The van der Waals surface area contributed by atoms with Crippen molar-refractivity contribution in [2.45, 2.75) is 45.6 Å². The number of halogens is 1. The molecule has 2 rings (SSSR count). The Kier molecular flexibility index (Phi) is 5.49. The van der Waals surface area contributed by atoms with E-state index in [1.54, 1.807) is 0 Å². The van der Waals surface area contributed by atoms with Crippen molar-refractivity contribution >= 4 is 22.6 Å². The van der Waals surface area contributed by atoms with Crippen molar-refractivity contribution < 1.29 is 0 Å². The number of rotatable bonds is 7. The predicted molar refractivity (Wildman–Crippen MR) is 86.8 cm³/mol. The molecule has 1 saturated carbocycles. The maximum Gasteiger partial charge on any atom is 0.0130 e. The lowest BCUT2D eigenvalue weighted by molar-refractivity contribution is 0.384. The van der Waals surface area contributed by atoms with Gasteiger partial charge in [-0.25, -0.2) is 0 Å². The van der Waals surface area contributed by atoms with Crippen molar-refractivity contribution in [3.05, 3.63) is 33.4 Å². The zero-order valence-electron chi connectivity index (χ0n) is 11.5. The van der Waals surface area contributed by atoms with Crippen LogP contribution in [0.4, 0.5) is 0 Å². The van der Waals surface area contributed by atoms with Gasteiger partial charge in [0, 0.05) is 9.61 Å². The summed E-state index contributed by atoms with van der Waals surface area (Å²) in [5.41, 5.74) is 1.48. The third-order valence-electron chi connectivity index (χ3n) is 3.51. The van der Waals surface area contributed by atoms with Crippen molar-refractivity contribution in [2.75, 3.05) is 6.54 Å². The summed E-state index contributed by atoms with van der Waals surface area (Å²) in [7, 11) is 0. The van der Waals surface area contributed by atoms with Crippen molar-refractivity contribution in [2.24, 2.45) is 11.8 Å². The maximum absolute atomic E-state index is 3.69. The van der Waals surface area contributed by atoms with Crippen molar-refractivity contribution in [3.63, 3.8) is 0 Å². The lowest BCUT2D eigenvalue weighted by Crippen LogP contribution is -2.27. The molecule has 1 fully saturated rings. The summed E-state index contributed by atoms with van der Waals surface area (Å²) in [5, 5.41) is 3.69. The van der Waals surface area contributed by atoms with E-state index in [1.165, 1.54) is 41.4 Å². The summed E-state index contributed by atoms with van der Waals surface area (Å²) in [4.78, 5) is 0. The molecule has 1 aromatic carbocycles. The van der Waals surface area contributed by atoms with Gasteiger partial charge in [-0.05, 0) is 84.4 Å². The van der Waals surface area contributed by atoms with E-state index in [0.717, 1.165) is 17.9 Å². The van der Waals surface area contributed by atoms with E-state index in [4.69, 9.17) is 0 Å². The molecule has 0 spiro atoms. The molecule has 0 radical (unpaired) electrons. The topological polar surface area (TPSA) is 12.0 Å². The molecule has 18 heavy (non-hydrogen) atoms. The van der Waals surface area contributed by atoms with Crippen LogP contribution in [-0.4, -0.2) is 12.6 Å². The van der Waals surface area contributed by atoms with E-state index in [2.05, 4.69) is 66.0 Å². The normalized spacial score (nSPS) is 17.1. The third-order valence-corrected chi connectivity index (χ3v) is 4.23. The molecule has 0 aromatic heterocycles. The summed E-state index contributed by atoms with van der Waals surface area (Å²) in [6.45, 7) is 5.85. The molecule has 0 aliphatic heterocycles. The van der Waals surface area contributed by atoms with Crippen LogP contribution in [0.15, 0.2) is 24.3 Å². The Morgan fingerprint density at radius 1 is 1.22 bits per heavy atom. The van der Waals surface area contributed by atoms with E-state index in [1.807, 2.05) is 0 Å². The van der Waals surface area contributed by atoms with E-state index < -0.39 is 0 Å². The summed E-state index contributed by atoms with van der Waals surface area (Å²) >= 11 is 2.37. The van der Waals surface area contributed by atoms with Gasteiger partial charge in [0.15, 0.2) is 0 Å². The quantitative estimate of drug-likeness (QED) is 0.720. The Hall–Kier alpha value is -0.0900. The fraction of sp³-hybridized carbons (Fsp3) is 0.625. The minimum Gasteiger partial charge on any atom is -0.314 e. The van der Waals surface area contributed by atoms with Gasteiger partial charge in [0.1, 0.15) is 0 Å². The SMILES string of the molecule is CC(C)CC(CNC1CC1)Cc1ccc(I)cc1. The Morgan fingerprint density at radius 3 is 2.44 bits per heavy atom. The molecular formula is C16H24IN. The van der Waals surface area contributed by atoms with Gasteiger partial charge in [-0.3, -0.25) is 0 Å². The average Bonchev–Trinajstić information content (AvgIpc) is 3.12. The molecule has 1 aliphatic rings. The minimum absolute atomic E-state index is 0.783. The number of hydrogen-bond acceptors (Lipinski definition) is 1. The Labute approximate surface area is 125 Å². The van der Waals surface area contributed by atoms with Gasteiger partial charge in [0.25, 0.3) is 0 Å². The first-order chi connectivity index (χ1) is 8.63. The van der Waals surface area contributed by atoms with Gasteiger partial charge in [-0.1, -0.05) is 26.0 Å². The lowest BCUT2D eigenvalue weighted by atomic mass is 9.91. The summed E-state index contributed by atoms with van der Waals surface area (Å²) < 4.78 is 1.33. The molecule has 2 heteroatoms. The lowest BCUT2D eigenvalue weighted by Gasteiger charge is -2.20. The Morgan fingerprint density at radius 2 is 1.89 bits per heavy atom. The summed E-state index contributed by atoms with van der Waals surface area (Å²) in [5.74, 6) is 1.57. The monoisotopic (exact) mass is 357 g/mol. The largest absolute Gasteiger partial charge is 0.314 e. The molecule has 0 bridgehead atoms. The van der Waals surface area contributed by atoms with E-state index >= 15 is 0 Å². The zero-order valence-corrected chi connectivity index (χ0v) is 13.6. The van der Waals surface area contributed by atoms with Crippen LogP contribution in [0.2, 0.25) is 0 Å². The predicted octanol–water partition coefficient (Wildman–Crippen LogP) is 4.25. The van der Waals surface area contributed by atoms with Crippen molar-refractivity contribution in [3.8, 4) is 0 Å². The molecule has 1 atom stereocenters. The van der Waals surface area contributed by atoms with Gasteiger partial charge in [-0.2, -0.15) is 0 Å². The number of nitrogens with one attached hydrogen (secondary N) is 1. The van der Waals surface area contributed by atoms with E-state index in [-0.39, 0.29) is 0 Å². The molecule has 1 aliphatic carbocycles. The number of hydrogen-bond donors (Lipinski definition) is 1. The Bertz CT molecular complexity index is 354. The highest BCUT2D eigenvalue weighted by molar-refractivity contribution is 14.1. The summed E-state index contributed by atoms with van der Waals surface area (Å²) in [6, 6.07) is 9.84. The van der Waals surface area contributed by atoms with Crippen LogP contribution in [0.25, 0.3) is 0 Å². The first kappa shape index (κ1) is 14.3. The molecular weight excluding hydrogens is 333 g/mol. The highest BCUT2D eigenvalue weighted by Crippen LogP contribution is 2.22. The van der Waals surface area contributed by atoms with Gasteiger partial charge < -0.3 is 5.32 Å². The molecule has 1 aromatic rings. The molecule has 0 heterocycles. The molecule has 1 unspecified atom stereocenters. The summed E-state index contributed by atoms with van der Waals surface area (Å²) in [6.07, 6.45) is 5.32. The second-order valence-electron chi connectivity index (χ2n) is 6.01. The second kappa shape index (κ2) is 6.90. The van der Waals surface area contributed by atoms with E-state index in [9.17, 15) is 0 Å². The second-order valence-corrected chi connectivity index (χ2v) is 7.25. The number of benzene rings is 1. The van der Waals surface area contributed by atoms with Gasteiger partial charge in [0.2, 0.25) is 0 Å². The van der Waals surface area contributed by atoms with Gasteiger partial charge in [-0.15, -0.1) is 0 Å².